The van der Waals surface area contributed by atoms with Crippen molar-refractivity contribution >= 4 is 17.4 Å². The molecule has 80 valence electrons. The zero-order valence-corrected chi connectivity index (χ0v) is 8.40. The minimum absolute atomic E-state index is 0.0103. The second kappa shape index (κ2) is 4.41. The van der Waals surface area contributed by atoms with Gasteiger partial charge in [0, 0.05) is 13.1 Å². The molecule has 2 amide bonds. The van der Waals surface area contributed by atoms with E-state index >= 15 is 0 Å². The highest BCUT2D eigenvalue weighted by Crippen LogP contribution is 2.24. The van der Waals surface area contributed by atoms with Gasteiger partial charge in [-0.1, -0.05) is 6.07 Å². The Balaban J connectivity index is 3.04. The minimum Gasteiger partial charge on any atom is -0.341 e. The van der Waals surface area contributed by atoms with Gasteiger partial charge >= 0.3 is 6.03 Å². The number of nitrogens with zero attached hydrogens (tertiary/aromatic N) is 1. The summed E-state index contributed by atoms with van der Waals surface area (Å²) >= 11 is 0. The van der Waals surface area contributed by atoms with E-state index in [2.05, 4.69) is 10.6 Å². The third kappa shape index (κ3) is 2.43. The number of hydrogen-bond acceptors (Lipinski definition) is 3. The molecule has 0 aliphatic carbocycles. The number of amides is 2. The van der Waals surface area contributed by atoms with Crippen molar-refractivity contribution in [3.8, 4) is 0 Å². The van der Waals surface area contributed by atoms with Crippen LogP contribution >= 0.6 is 0 Å². The third-order valence-electron chi connectivity index (χ3n) is 1.98. The second-order valence-electron chi connectivity index (χ2n) is 2.91. The minimum atomic E-state index is -0.482. The highest BCUT2D eigenvalue weighted by atomic mass is 16.6. The number of anilines is 1. The smallest absolute Gasteiger partial charge is 0.318 e. The largest absolute Gasteiger partial charge is 0.341 e. The quantitative estimate of drug-likeness (QED) is 0.573. The molecule has 0 saturated heterocycles. The Labute approximate surface area is 86.4 Å². The zero-order chi connectivity index (χ0) is 11.4. The van der Waals surface area contributed by atoms with E-state index in [9.17, 15) is 14.9 Å². The molecule has 0 aliphatic heterocycles. The number of carbonyl (C=O) groups is 1. The van der Waals surface area contributed by atoms with Crippen LogP contribution in [0.3, 0.4) is 0 Å². The van der Waals surface area contributed by atoms with Gasteiger partial charge in [0.2, 0.25) is 0 Å². The lowest BCUT2D eigenvalue weighted by Crippen LogP contribution is -2.24. The number of hydrogen-bond donors (Lipinski definition) is 2. The Hall–Kier alpha value is -2.11. The molecule has 0 aliphatic rings. The van der Waals surface area contributed by atoms with Gasteiger partial charge in [0.05, 0.1) is 16.2 Å². The summed E-state index contributed by atoms with van der Waals surface area (Å²) in [6, 6.07) is 4.12. The summed E-state index contributed by atoms with van der Waals surface area (Å²) in [6.45, 7) is 1.59. The molecule has 0 radical (unpaired) electrons. The Morgan fingerprint density at radius 3 is 2.67 bits per heavy atom. The van der Waals surface area contributed by atoms with Crippen molar-refractivity contribution in [2.45, 2.75) is 6.92 Å². The highest BCUT2D eigenvalue weighted by molar-refractivity contribution is 5.90. The maximum Gasteiger partial charge on any atom is 0.318 e. The number of nitro benzene ring substituents is 1. The summed E-state index contributed by atoms with van der Waals surface area (Å²) in [7, 11) is 1.47. The van der Waals surface area contributed by atoms with Gasteiger partial charge in [-0.15, -0.1) is 0 Å². The lowest BCUT2D eigenvalue weighted by molar-refractivity contribution is -0.385. The molecule has 0 atom stereocenters. The van der Waals surface area contributed by atoms with Crippen molar-refractivity contribution in [2.75, 3.05) is 12.4 Å². The first-order chi connectivity index (χ1) is 7.06. The van der Waals surface area contributed by atoms with Crippen molar-refractivity contribution in [3.63, 3.8) is 0 Å². The van der Waals surface area contributed by atoms with Gasteiger partial charge in [0.1, 0.15) is 0 Å². The molecule has 0 heterocycles. The summed E-state index contributed by atoms with van der Waals surface area (Å²) in [5.74, 6) is 0. The molecule has 15 heavy (non-hydrogen) atoms. The van der Waals surface area contributed by atoms with Crippen LogP contribution in [0.2, 0.25) is 0 Å². The van der Waals surface area contributed by atoms with Gasteiger partial charge < -0.3 is 10.6 Å². The molecule has 6 nitrogen and oxygen atoms in total. The molecule has 0 saturated carbocycles. The van der Waals surface area contributed by atoms with E-state index in [1.54, 1.807) is 13.0 Å². The van der Waals surface area contributed by atoms with Gasteiger partial charge in [-0.2, -0.15) is 0 Å². The molecule has 1 rings (SSSR count). The second-order valence-corrected chi connectivity index (χ2v) is 2.91. The van der Waals surface area contributed by atoms with Crippen LogP contribution in [0.25, 0.3) is 0 Å². The summed E-state index contributed by atoms with van der Waals surface area (Å²) in [6.07, 6.45) is 0. The molecule has 2 N–H and O–H groups in total. The number of rotatable bonds is 2. The Bertz CT molecular complexity index is 404. The Morgan fingerprint density at radius 1 is 1.47 bits per heavy atom. The average molecular weight is 209 g/mol. The number of nitrogens with one attached hydrogen (secondary N) is 2. The van der Waals surface area contributed by atoms with Crippen LogP contribution in [-0.4, -0.2) is 18.0 Å². The first kappa shape index (κ1) is 11.0. The monoisotopic (exact) mass is 209 g/mol. The molecule has 0 unspecified atom stereocenters. The van der Waals surface area contributed by atoms with Crippen LogP contribution in [0, 0.1) is 17.0 Å². The van der Waals surface area contributed by atoms with Crippen LogP contribution in [0.4, 0.5) is 16.2 Å². The number of benzene rings is 1. The maximum absolute atomic E-state index is 11.0. The van der Waals surface area contributed by atoms with Gasteiger partial charge in [0.25, 0.3) is 5.69 Å². The van der Waals surface area contributed by atoms with Gasteiger partial charge in [-0.3, -0.25) is 10.1 Å². The van der Waals surface area contributed by atoms with E-state index < -0.39 is 11.0 Å². The van der Waals surface area contributed by atoms with E-state index in [0.29, 0.717) is 11.3 Å². The lowest BCUT2D eigenvalue weighted by atomic mass is 10.1. The average Bonchev–Trinajstić information content (AvgIpc) is 2.20. The first-order valence-corrected chi connectivity index (χ1v) is 4.29. The van der Waals surface area contributed by atoms with Crippen LogP contribution in [-0.2, 0) is 0 Å². The molecular formula is C9H11N3O3. The fraction of sp³-hybridized carbons (Fsp3) is 0.222. The van der Waals surface area contributed by atoms with E-state index in [4.69, 9.17) is 0 Å². The summed E-state index contributed by atoms with van der Waals surface area (Å²) in [4.78, 5) is 21.1. The standard InChI is InChI=1S/C9H11N3O3/c1-6-7(11-9(13)10-2)4-3-5-8(6)12(14)15/h3-5H,1-2H3,(H2,10,11,13). The van der Waals surface area contributed by atoms with Crippen molar-refractivity contribution in [1.82, 2.24) is 5.32 Å². The van der Waals surface area contributed by atoms with Crippen molar-refractivity contribution in [3.05, 3.63) is 33.9 Å². The number of urea groups is 1. The Kier molecular flexibility index (Phi) is 3.22. The van der Waals surface area contributed by atoms with Gasteiger partial charge in [0.15, 0.2) is 0 Å². The predicted octanol–water partition coefficient (Wildman–Crippen LogP) is 1.65. The molecule has 0 fully saturated rings. The van der Waals surface area contributed by atoms with E-state index in [-0.39, 0.29) is 5.69 Å². The summed E-state index contributed by atoms with van der Waals surface area (Å²) in [5, 5.41) is 15.5. The molecule has 1 aromatic carbocycles. The first-order valence-electron chi connectivity index (χ1n) is 4.29. The number of carbonyl (C=O) groups excluding carboxylic acids is 1. The molecule has 0 spiro atoms. The molecule has 6 heteroatoms. The van der Waals surface area contributed by atoms with Crippen LogP contribution < -0.4 is 10.6 Å². The predicted molar refractivity (Wildman–Crippen MR) is 55.9 cm³/mol. The van der Waals surface area contributed by atoms with Crippen LogP contribution in [0.5, 0.6) is 0 Å². The molecular weight excluding hydrogens is 198 g/mol. The number of nitro groups is 1. The molecule has 1 aromatic rings. The zero-order valence-electron chi connectivity index (χ0n) is 8.40. The third-order valence-corrected chi connectivity index (χ3v) is 1.98. The van der Waals surface area contributed by atoms with Crippen LogP contribution in [0.15, 0.2) is 18.2 Å². The topological polar surface area (TPSA) is 84.3 Å². The van der Waals surface area contributed by atoms with Crippen LogP contribution in [0.1, 0.15) is 5.56 Å². The van der Waals surface area contributed by atoms with Crippen molar-refractivity contribution in [1.29, 1.82) is 0 Å². The van der Waals surface area contributed by atoms with Gasteiger partial charge in [-0.25, -0.2) is 4.79 Å². The fourth-order valence-electron chi connectivity index (χ4n) is 1.14. The lowest BCUT2D eigenvalue weighted by Gasteiger charge is -2.07. The molecule has 0 bridgehead atoms. The maximum atomic E-state index is 11.0. The van der Waals surface area contributed by atoms with Crippen molar-refractivity contribution < 1.29 is 9.72 Å². The van der Waals surface area contributed by atoms with E-state index in [0.717, 1.165) is 0 Å². The highest BCUT2D eigenvalue weighted by Gasteiger charge is 2.13. The van der Waals surface area contributed by atoms with Gasteiger partial charge in [-0.05, 0) is 13.0 Å². The van der Waals surface area contributed by atoms with E-state index in [1.807, 2.05) is 0 Å². The normalized spacial score (nSPS) is 9.47. The SMILES string of the molecule is CNC(=O)Nc1cccc([N+](=O)[O-])c1C. The fourth-order valence-corrected chi connectivity index (χ4v) is 1.14. The van der Waals surface area contributed by atoms with Crippen molar-refractivity contribution in [2.24, 2.45) is 0 Å². The Morgan fingerprint density at radius 2 is 2.13 bits per heavy atom. The molecule has 0 aromatic heterocycles. The van der Waals surface area contributed by atoms with E-state index in [1.165, 1.54) is 19.2 Å². The summed E-state index contributed by atoms with van der Waals surface area (Å²) in [5.41, 5.74) is 0.860. The summed E-state index contributed by atoms with van der Waals surface area (Å²) < 4.78 is 0.